The van der Waals surface area contributed by atoms with Crippen molar-refractivity contribution in [1.29, 1.82) is 0 Å². The minimum atomic E-state index is -0.197. The largest absolute Gasteiger partial charge is 0.317 e. The first kappa shape index (κ1) is 17.5. The average molecular weight is 354 g/mol. The molecule has 5 heteroatoms. The third-order valence-corrected chi connectivity index (χ3v) is 5.41. The van der Waals surface area contributed by atoms with Gasteiger partial charge >= 0.3 is 0 Å². The van der Waals surface area contributed by atoms with E-state index in [4.69, 9.17) is 0 Å². The molecule has 0 unspecified atom stereocenters. The van der Waals surface area contributed by atoms with Crippen LogP contribution in [0, 0.1) is 13.8 Å². The molecule has 0 bridgehead atoms. The van der Waals surface area contributed by atoms with Crippen molar-refractivity contribution < 1.29 is 9.59 Å². The van der Waals surface area contributed by atoms with E-state index < -0.39 is 0 Å². The third kappa shape index (κ3) is 3.29. The van der Waals surface area contributed by atoms with E-state index in [1.807, 2.05) is 42.8 Å². The van der Waals surface area contributed by atoms with E-state index in [9.17, 15) is 9.59 Å². The van der Waals surface area contributed by atoms with E-state index in [0.717, 1.165) is 29.6 Å². The van der Waals surface area contributed by atoms with Crippen LogP contribution in [0.15, 0.2) is 41.4 Å². The van der Waals surface area contributed by atoms with Gasteiger partial charge in [0, 0.05) is 23.6 Å². The fraction of sp³-hybridized carbons (Fsp3) is 0.300. The second kappa shape index (κ2) is 6.92. The first-order valence-electron chi connectivity index (χ1n) is 8.44. The number of hydrogen-bond donors (Lipinski definition) is 0. The van der Waals surface area contributed by atoms with Crippen molar-refractivity contribution in [2.45, 2.75) is 40.2 Å². The van der Waals surface area contributed by atoms with Crippen LogP contribution in [0.25, 0.3) is 11.8 Å². The lowest BCUT2D eigenvalue weighted by Gasteiger charge is -2.19. The molecule has 4 nitrogen and oxygen atoms in total. The van der Waals surface area contributed by atoms with Crippen molar-refractivity contribution in [2.75, 3.05) is 0 Å². The molecule has 0 N–H and O–H groups in total. The standard InChI is InChI=1S/C20H22N2O2S/c1-5-15(4)22-19(23)18(25-20(22)24)12-16-7-6-10-21(16)17-9-8-13(2)11-14(17)3/h6-12,15H,5H2,1-4H3/b18-12+/t15-/m1/s1. The Morgan fingerprint density at radius 3 is 2.64 bits per heavy atom. The molecule has 25 heavy (non-hydrogen) atoms. The van der Waals surface area contributed by atoms with Gasteiger partial charge in [0.15, 0.2) is 0 Å². The molecule has 2 aromatic rings. The van der Waals surface area contributed by atoms with Crippen LogP contribution < -0.4 is 0 Å². The number of imide groups is 1. The molecule has 1 aliphatic rings. The maximum absolute atomic E-state index is 12.6. The highest BCUT2D eigenvalue weighted by molar-refractivity contribution is 8.18. The van der Waals surface area contributed by atoms with Crippen LogP contribution in [-0.4, -0.2) is 26.7 Å². The highest BCUT2D eigenvalue weighted by atomic mass is 32.2. The summed E-state index contributed by atoms with van der Waals surface area (Å²) in [5, 5.41) is -0.185. The topological polar surface area (TPSA) is 42.3 Å². The van der Waals surface area contributed by atoms with E-state index in [0.29, 0.717) is 4.91 Å². The summed E-state index contributed by atoms with van der Waals surface area (Å²) in [7, 11) is 0. The van der Waals surface area contributed by atoms with Gasteiger partial charge in [0.05, 0.1) is 4.91 Å². The highest BCUT2D eigenvalue weighted by Gasteiger charge is 2.37. The Kier molecular flexibility index (Phi) is 4.86. The summed E-state index contributed by atoms with van der Waals surface area (Å²) in [6.45, 7) is 8.02. The summed E-state index contributed by atoms with van der Waals surface area (Å²) in [6.07, 6.45) is 4.54. The van der Waals surface area contributed by atoms with Crippen LogP contribution in [0.5, 0.6) is 0 Å². The lowest BCUT2D eigenvalue weighted by atomic mass is 10.1. The molecule has 2 heterocycles. The van der Waals surface area contributed by atoms with Crippen LogP contribution in [-0.2, 0) is 4.79 Å². The van der Waals surface area contributed by atoms with Crippen molar-refractivity contribution in [3.8, 4) is 5.69 Å². The van der Waals surface area contributed by atoms with Crippen molar-refractivity contribution in [3.63, 3.8) is 0 Å². The molecule has 0 radical (unpaired) electrons. The molecule has 2 amide bonds. The monoisotopic (exact) mass is 354 g/mol. The molecule has 1 atom stereocenters. The quantitative estimate of drug-likeness (QED) is 0.731. The Hall–Kier alpha value is -2.27. The van der Waals surface area contributed by atoms with E-state index in [2.05, 4.69) is 32.0 Å². The van der Waals surface area contributed by atoms with Crippen LogP contribution in [0.1, 0.15) is 37.1 Å². The van der Waals surface area contributed by atoms with Crippen LogP contribution in [0.2, 0.25) is 0 Å². The van der Waals surface area contributed by atoms with Crippen molar-refractivity contribution in [3.05, 3.63) is 58.3 Å². The molecule has 1 aromatic carbocycles. The number of rotatable bonds is 4. The Balaban J connectivity index is 1.97. The molecular formula is C20H22N2O2S. The summed E-state index contributed by atoms with van der Waals surface area (Å²) >= 11 is 1.02. The molecule has 130 valence electrons. The van der Waals surface area contributed by atoms with Gasteiger partial charge in [-0.05, 0) is 68.8 Å². The number of carbonyl (C=O) groups excluding carboxylic acids is 2. The molecule has 0 spiro atoms. The van der Waals surface area contributed by atoms with E-state index in [1.54, 1.807) is 0 Å². The fourth-order valence-corrected chi connectivity index (χ4v) is 3.90. The van der Waals surface area contributed by atoms with Crippen molar-refractivity contribution >= 4 is 29.0 Å². The smallest absolute Gasteiger partial charge is 0.293 e. The van der Waals surface area contributed by atoms with Crippen LogP contribution >= 0.6 is 11.8 Å². The van der Waals surface area contributed by atoms with Gasteiger partial charge < -0.3 is 4.57 Å². The SMILES string of the molecule is CC[C@@H](C)N1C(=O)S/C(=C/c2cccn2-c2ccc(C)cc2C)C1=O. The number of benzene rings is 1. The van der Waals surface area contributed by atoms with E-state index in [-0.39, 0.29) is 17.2 Å². The van der Waals surface area contributed by atoms with Gasteiger partial charge in [0.2, 0.25) is 0 Å². The Morgan fingerprint density at radius 2 is 1.96 bits per heavy atom. The summed E-state index contributed by atoms with van der Waals surface area (Å²) < 4.78 is 2.05. The molecule has 1 aromatic heterocycles. The summed E-state index contributed by atoms with van der Waals surface area (Å²) in [5.74, 6) is -0.197. The Labute approximate surface area is 152 Å². The van der Waals surface area contributed by atoms with Crippen molar-refractivity contribution in [1.82, 2.24) is 9.47 Å². The van der Waals surface area contributed by atoms with Gasteiger partial charge in [-0.25, -0.2) is 0 Å². The highest BCUT2D eigenvalue weighted by Crippen LogP contribution is 2.34. The van der Waals surface area contributed by atoms with Crippen LogP contribution in [0.3, 0.4) is 0 Å². The number of thioether (sulfide) groups is 1. The van der Waals surface area contributed by atoms with Crippen LogP contribution in [0.4, 0.5) is 4.79 Å². The maximum Gasteiger partial charge on any atom is 0.293 e. The van der Waals surface area contributed by atoms with Gasteiger partial charge in [-0.2, -0.15) is 0 Å². The first-order chi connectivity index (χ1) is 11.9. The normalized spacial score (nSPS) is 17.6. The predicted molar refractivity (Wildman–Crippen MR) is 103 cm³/mol. The molecular weight excluding hydrogens is 332 g/mol. The molecule has 0 saturated carbocycles. The zero-order chi connectivity index (χ0) is 18.1. The first-order valence-corrected chi connectivity index (χ1v) is 9.26. The lowest BCUT2D eigenvalue weighted by Crippen LogP contribution is -2.36. The number of hydrogen-bond acceptors (Lipinski definition) is 3. The van der Waals surface area contributed by atoms with Gasteiger partial charge in [-0.15, -0.1) is 0 Å². The van der Waals surface area contributed by atoms with Gasteiger partial charge in [-0.1, -0.05) is 24.6 Å². The number of aryl methyl sites for hydroxylation is 2. The van der Waals surface area contributed by atoms with Crippen molar-refractivity contribution in [2.24, 2.45) is 0 Å². The molecule has 1 aliphatic heterocycles. The molecule has 1 saturated heterocycles. The van der Waals surface area contributed by atoms with Gasteiger partial charge in [0.1, 0.15) is 0 Å². The molecule has 0 aliphatic carbocycles. The fourth-order valence-electron chi connectivity index (χ4n) is 2.98. The molecule has 1 fully saturated rings. The number of amides is 2. The molecule has 3 rings (SSSR count). The minimum absolute atomic E-state index is 0.0791. The zero-order valence-electron chi connectivity index (χ0n) is 14.9. The Morgan fingerprint density at radius 1 is 1.20 bits per heavy atom. The van der Waals surface area contributed by atoms with Gasteiger partial charge in [-0.3, -0.25) is 14.5 Å². The second-order valence-corrected chi connectivity index (χ2v) is 7.40. The lowest BCUT2D eigenvalue weighted by molar-refractivity contribution is -0.124. The summed E-state index contributed by atoms with van der Waals surface area (Å²) in [6, 6.07) is 10.1. The summed E-state index contributed by atoms with van der Waals surface area (Å²) in [5.41, 5.74) is 4.34. The minimum Gasteiger partial charge on any atom is -0.317 e. The Bertz CT molecular complexity index is 866. The number of nitrogens with zero attached hydrogens (tertiary/aromatic N) is 2. The average Bonchev–Trinajstić information content (AvgIpc) is 3.12. The third-order valence-electron chi connectivity index (χ3n) is 4.53. The maximum atomic E-state index is 12.6. The number of carbonyl (C=O) groups is 2. The second-order valence-electron chi connectivity index (χ2n) is 6.40. The zero-order valence-corrected chi connectivity index (χ0v) is 15.8. The van der Waals surface area contributed by atoms with Gasteiger partial charge in [0.25, 0.3) is 11.1 Å². The van der Waals surface area contributed by atoms with E-state index >= 15 is 0 Å². The predicted octanol–water partition coefficient (Wildman–Crippen LogP) is 4.93. The van der Waals surface area contributed by atoms with E-state index in [1.165, 1.54) is 16.0 Å². The number of aromatic nitrogens is 1. The summed E-state index contributed by atoms with van der Waals surface area (Å²) in [4.78, 5) is 26.6.